The Labute approximate surface area is 123 Å². The number of fused-ring (bicyclic) bond motifs is 2. The lowest BCUT2D eigenvalue weighted by molar-refractivity contribution is -0.175. The fourth-order valence-corrected chi connectivity index (χ4v) is 4.45. The van der Waals surface area contributed by atoms with Gasteiger partial charge >= 0.3 is 5.97 Å². The van der Waals surface area contributed by atoms with Crippen LogP contribution in [0.2, 0.25) is 0 Å². The largest absolute Gasteiger partial charge is 0.469 e. The molecule has 1 saturated heterocycles. The van der Waals surface area contributed by atoms with E-state index >= 15 is 0 Å². The fraction of sp³-hybridized carbons (Fsp3) is 0.667. The van der Waals surface area contributed by atoms with Crippen LogP contribution in [0.3, 0.4) is 0 Å². The second-order valence-corrected chi connectivity index (χ2v) is 6.70. The molecule has 1 aromatic heterocycles. The highest BCUT2D eigenvalue weighted by Gasteiger charge is 2.43. The van der Waals surface area contributed by atoms with E-state index in [9.17, 15) is 4.79 Å². The Kier molecular flexibility index (Phi) is 3.84. The summed E-state index contributed by atoms with van der Waals surface area (Å²) in [5.74, 6) is -0.766. The molecule has 5 heteroatoms. The molecule has 1 aliphatic heterocycles. The monoisotopic (exact) mass is 296 g/mol. The number of ether oxygens (including phenoxy) is 3. The van der Waals surface area contributed by atoms with E-state index in [1.54, 1.807) is 11.3 Å². The summed E-state index contributed by atoms with van der Waals surface area (Å²) in [4.78, 5) is 14.1. The van der Waals surface area contributed by atoms with E-state index in [1.165, 1.54) is 22.4 Å². The van der Waals surface area contributed by atoms with Gasteiger partial charge in [0.05, 0.1) is 26.2 Å². The molecule has 1 atom stereocenters. The van der Waals surface area contributed by atoms with Gasteiger partial charge in [0.2, 0.25) is 0 Å². The topological polar surface area (TPSA) is 44.8 Å². The first kappa shape index (κ1) is 14.0. The number of carbonyl (C=O) groups excluding carboxylic acids is 1. The first-order chi connectivity index (χ1) is 9.64. The molecule has 2 aliphatic rings. The third-order valence-corrected chi connectivity index (χ3v) is 5.26. The van der Waals surface area contributed by atoms with Crippen molar-refractivity contribution in [3.63, 3.8) is 0 Å². The van der Waals surface area contributed by atoms with Crippen LogP contribution in [0.5, 0.6) is 0 Å². The van der Waals surface area contributed by atoms with E-state index in [1.807, 2.05) is 6.92 Å². The van der Waals surface area contributed by atoms with Crippen LogP contribution in [0, 0.1) is 5.92 Å². The van der Waals surface area contributed by atoms with Crippen LogP contribution in [0.25, 0.3) is 0 Å². The standard InChI is InChI=1S/C15H20O4S/c1-10(14(16)17-2)8-11-9-12-13(20-11)4-3-5-15(12)18-6-7-19-15/h9-10H,3-8H2,1-2H3. The number of hydrogen-bond acceptors (Lipinski definition) is 5. The molecular formula is C15H20O4S. The van der Waals surface area contributed by atoms with Gasteiger partial charge in [0, 0.05) is 21.7 Å². The Balaban J connectivity index is 1.83. The van der Waals surface area contributed by atoms with Crippen molar-refractivity contribution in [3.8, 4) is 0 Å². The Bertz CT molecular complexity index is 502. The highest BCUT2D eigenvalue weighted by Crippen LogP contribution is 2.45. The lowest BCUT2D eigenvalue weighted by atomic mass is 9.92. The van der Waals surface area contributed by atoms with E-state index < -0.39 is 5.79 Å². The van der Waals surface area contributed by atoms with Crippen molar-refractivity contribution in [1.29, 1.82) is 0 Å². The summed E-state index contributed by atoms with van der Waals surface area (Å²) in [7, 11) is 1.44. The van der Waals surface area contributed by atoms with Crippen LogP contribution < -0.4 is 0 Å². The Morgan fingerprint density at radius 3 is 2.95 bits per heavy atom. The lowest BCUT2D eigenvalue weighted by Gasteiger charge is -2.31. The molecule has 1 aromatic rings. The summed E-state index contributed by atoms with van der Waals surface area (Å²) in [5.41, 5.74) is 1.19. The first-order valence-corrected chi connectivity index (χ1v) is 7.94. The number of thiophene rings is 1. The van der Waals surface area contributed by atoms with Gasteiger partial charge in [-0.3, -0.25) is 4.79 Å². The maximum atomic E-state index is 11.5. The summed E-state index contributed by atoms with van der Waals surface area (Å²) < 4.78 is 16.6. The van der Waals surface area contributed by atoms with Gasteiger partial charge in [-0.2, -0.15) is 0 Å². The molecule has 0 bridgehead atoms. The average Bonchev–Trinajstić information content (AvgIpc) is 3.06. The summed E-state index contributed by atoms with van der Waals surface area (Å²) in [6.45, 7) is 3.25. The number of hydrogen-bond donors (Lipinski definition) is 0. The Morgan fingerprint density at radius 2 is 2.25 bits per heavy atom. The van der Waals surface area contributed by atoms with Crippen LogP contribution in [0.1, 0.15) is 35.1 Å². The van der Waals surface area contributed by atoms with E-state index in [0.29, 0.717) is 13.2 Å². The second-order valence-electron chi connectivity index (χ2n) is 5.48. The molecule has 2 heterocycles. The quantitative estimate of drug-likeness (QED) is 0.804. The van der Waals surface area contributed by atoms with Crippen LogP contribution in [-0.4, -0.2) is 26.3 Å². The minimum atomic E-state index is -0.503. The number of esters is 1. The van der Waals surface area contributed by atoms with Crippen molar-refractivity contribution in [2.75, 3.05) is 20.3 Å². The fourth-order valence-electron chi connectivity index (χ4n) is 3.05. The van der Waals surface area contributed by atoms with E-state index in [0.717, 1.165) is 25.7 Å². The molecule has 1 unspecified atom stereocenters. The molecule has 0 radical (unpaired) electrons. The summed E-state index contributed by atoms with van der Waals surface area (Å²) in [6.07, 6.45) is 3.84. The van der Waals surface area contributed by atoms with Crippen LogP contribution in [0.15, 0.2) is 6.07 Å². The molecule has 1 fully saturated rings. The van der Waals surface area contributed by atoms with Crippen molar-refractivity contribution in [3.05, 3.63) is 21.4 Å². The maximum absolute atomic E-state index is 11.5. The lowest BCUT2D eigenvalue weighted by Crippen LogP contribution is -2.30. The smallest absolute Gasteiger partial charge is 0.308 e. The zero-order valence-electron chi connectivity index (χ0n) is 11.9. The van der Waals surface area contributed by atoms with Crippen molar-refractivity contribution < 1.29 is 19.0 Å². The molecule has 1 aliphatic carbocycles. The predicted octanol–water partition coefficient (Wildman–Crippen LogP) is 2.64. The normalized spacial score (nSPS) is 21.7. The third-order valence-electron chi connectivity index (χ3n) is 4.04. The van der Waals surface area contributed by atoms with E-state index in [4.69, 9.17) is 14.2 Å². The van der Waals surface area contributed by atoms with Crippen molar-refractivity contribution in [2.24, 2.45) is 5.92 Å². The van der Waals surface area contributed by atoms with Crippen LogP contribution in [0.4, 0.5) is 0 Å². The maximum Gasteiger partial charge on any atom is 0.308 e. The van der Waals surface area contributed by atoms with Gasteiger partial charge in [-0.1, -0.05) is 6.92 Å². The van der Waals surface area contributed by atoms with Crippen molar-refractivity contribution >= 4 is 17.3 Å². The molecule has 0 N–H and O–H groups in total. The van der Waals surface area contributed by atoms with Gasteiger partial charge < -0.3 is 14.2 Å². The Hall–Kier alpha value is -0.910. The SMILES string of the molecule is COC(=O)C(C)Cc1cc2c(s1)CCCC21OCCO1. The minimum absolute atomic E-state index is 0.110. The van der Waals surface area contributed by atoms with Crippen molar-refractivity contribution in [1.82, 2.24) is 0 Å². The summed E-state index contributed by atoms with van der Waals surface area (Å²) in [5, 5.41) is 0. The highest BCUT2D eigenvalue weighted by molar-refractivity contribution is 7.12. The summed E-state index contributed by atoms with van der Waals surface area (Å²) >= 11 is 1.78. The van der Waals surface area contributed by atoms with Crippen LogP contribution >= 0.6 is 11.3 Å². The van der Waals surface area contributed by atoms with Gasteiger partial charge in [-0.05, 0) is 25.3 Å². The van der Waals surface area contributed by atoms with E-state index in [-0.39, 0.29) is 11.9 Å². The molecular weight excluding hydrogens is 276 g/mol. The second kappa shape index (κ2) is 5.47. The predicted molar refractivity (Wildman–Crippen MR) is 75.7 cm³/mol. The zero-order valence-corrected chi connectivity index (χ0v) is 12.8. The molecule has 110 valence electrons. The average molecular weight is 296 g/mol. The molecule has 0 amide bonds. The molecule has 0 aromatic carbocycles. The molecule has 0 saturated carbocycles. The van der Waals surface area contributed by atoms with Gasteiger partial charge in [-0.25, -0.2) is 0 Å². The van der Waals surface area contributed by atoms with E-state index in [2.05, 4.69) is 6.07 Å². The molecule has 4 nitrogen and oxygen atoms in total. The highest BCUT2D eigenvalue weighted by atomic mass is 32.1. The van der Waals surface area contributed by atoms with Crippen LogP contribution in [-0.2, 0) is 37.6 Å². The number of methoxy groups -OCH3 is 1. The summed E-state index contributed by atoms with van der Waals surface area (Å²) in [6, 6.07) is 2.17. The van der Waals surface area contributed by atoms with Gasteiger partial charge in [0.1, 0.15) is 0 Å². The van der Waals surface area contributed by atoms with Crippen molar-refractivity contribution in [2.45, 2.75) is 38.4 Å². The van der Waals surface area contributed by atoms with Gasteiger partial charge in [0.15, 0.2) is 5.79 Å². The zero-order chi connectivity index (χ0) is 14.2. The molecule has 20 heavy (non-hydrogen) atoms. The minimum Gasteiger partial charge on any atom is -0.469 e. The number of aryl methyl sites for hydroxylation is 1. The Morgan fingerprint density at radius 1 is 1.50 bits per heavy atom. The van der Waals surface area contributed by atoms with Gasteiger partial charge in [-0.15, -0.1) is 11.3 Å². The molecule has 1 spiro atoms. The third kappa shape index (κ3) is 2.38. The first-order valence-electron chi connectivity index (χ1n) is 7.12. The van der Waals surface area contributed by atoms with Gasteiger partial charge in [0.25, 0.3) is 0 Å². The molecule has 3 rings (SSSR count). The number of rotatable bonds is 3. The number of carbonyl (C=O) groups is 1.